The van der Waals surface area contributed by atoms with Crippen LogP contribution in [0.4, 0.5) is 17.1 Å². The number of hydrogen-bond acceptors (Lipinski definition) is 4. The largest absolute Gasteiger partial charge is 0.465 e. The molecule has 0 amide bonds. The summed E-state index contributed by atoms with van der Waals surface area (Å²) in [6.07, 6.45) is -5.01. The van der Waals surface area contributed by atoms with Crippen molar-refractivity contribution in [3.05, 3.63) is 29.3 Å². The highest BCUT2D eigenvalue weighted by Crippen LogP contribution is 2.34. The van der Waals surface area contributed by atoms with E-state index in [1.54, 1.807) is 0 Å². The van der Waals surface area contributed by atoms with E-state index in [-0.39, 0.29) is 6.07 Å². The van der Waals surface area contributed by atoms with Gasteiger partial charge in [0.25, 0.3) is 0 Å². The second-order valence-corrected chi connectivity index (χ2v) is 4.48. The zero-order valence-electron chi connectivity index (χ0n) is 8.79. The zero-order valence-corrected chi connectivity index (χ0v) is 9.60. The summed E-state index contributed by atoms with van der Waals surface area (Å²) in [5.41, 5.74) is -2.47. The minimum Gasteiger partial charge on any atom is -0.465 e. The van der Waals surface area contributed by atoms with Gasteiger partial charge in [0.05, 0.1) is 23.1 Å². The molecule has 100 valence electrons. The molecule has 0 aromatic heterocycles. The molecule has 1 aromatic carbocycles. The van der Waals surface area contributed by atoms with Crippen molar-refractivity contribution in [2.45, 2.75) is 11.1 Å². The maximum Gasteiger partial charge on any atom is 0.417 e. The van der Waals surface area contributed by atoms with Crippen molar-refractivity contribution in [1.82, 2.24) is 0 Å². The van der Waals surface area contributed by atoms with Gasteiger partial charge >= 0.3 is 22.4 Å². The number of alkyl halides is 3. The molecule has 0 bridgehead atoms. The van der Waals surface area contributed by atoms with Crippen LogP contribution in [-0.4, -0.2) is 21.5 Å². The minimum absolute atomic E-state index is 0.0432. The number of hydrogen-bond donors (Lipinski definition) is 0. The molecule has 1 rings (SSSR count). The van der Waals surface area contributed by atoms with E-state index < -0.39 is 38.4 Å². The lowest BCUT2D eigenvalue weighted by molar-refractivity contribution is -0.138. The molecule has 0 N–H and O–H groups in total. The van der Waals surface area contributed by atoms with Crippen LogP contribution in [0.5, 0.6) is 0 Å². The molecule has 0 fully saturated rings. The summed E-state index contributed by atoms with van der Waals surface area (Å²) in [5.74, 6) is -1.30. The van der Waals surface area contributed by atoms with Crippen molar-refractivity contribution in [2.75, 3.05) is 7.11 Å². The lowest BCUT2D eigenvalue weighted by Crippen LogP contribution is -2.15. The summed E-state index contributed by atoms with van der Waals surface area (Å²) in [6.45, 7) is 0. The standard InChI is InChI=1S/C9H6F4O4S/c1-17-8(14)6-3-2-5(18(13,15)16)4-7(6)9(10,11)12/h2-4H,1H3. The Bertz CT molecular complexity index is 577. The van der Waals surface area contributed by atoms with E-state index in [1.807, 2.05) is 0 Å². The van der Waals surface area contributed by atoms with Crippen LogP contribution in [0.3, 0.4) is 0 Å². The van der Waals surface area contributed by atoms with Gasteiger partial charge in [-0.15, -0.1) is 3.89 Å². The van der Waals surface area contributed by atoms with E-state index in [4.69, 9.17) is 0 Å². The average molecular weight is 286 g/mol. The molecule has 0 heterocycles. The summed E-state index contributed by atoms with van der Waals surface area (Å²) in [5, 5.41) is 0. The molecule has 0 radical (unpaired) electrons. The molecule has 0 unspecified atom stereocenters. The van der Waals surface area contributed by atoms with Crippen molar-refractivity contribution >= 4 is 16.2 Å². The second-order valence-electron chi connectivity index (χ2n) is 3.13. The third-order valence-electron chi connectivity index (χ3n) is 1.98. The highest BCUT2D eigenvalue weighted by molar-refractivity contribution is 7.86. The fraction of sp³-hybridized carbons (Fsp3) is 0.222. The van der Waals surface area contributed by atoms with Crippen LogP contribution in [0.1, 0.15) is 15.9 Å². The Hall–Kier alpha value is -1.64. The first-order chi connectivity index (χ1) is 8.07. The Morgan fingerprint density at radius 3 is 2.22 bits per heavy atom. The number of benzene rings is 1. The van der Waals surface area contributed by atoms with Crippen molar-refractivity contribution in [3.8, 4) is 0 Å². The Balaban J connectivity index is 3.54. The lowest BCUT2D eigenvalue weighted by Gasteiger charge is -2.11. The van der Waals surface area contributed by atoms with Gasteiger partial charge in [0, 0.05) is 0 Å². The first-order valence-electron chi connectivity index (χ1n) is 4.31. The van der Waals surface area contributed by atoms with Gasteiger partial charge in [0.2, 0.25) is 0 Å². The Morgan fingerprint density at radius 2 is 1.83 bits per heavy atom. The van der Waals surface area contributed by atoms with Gasteiger partial charge in [0.15, 0.2) is 0 Å². The van der Waals surface area contributed by atoms with Crippen LogP contribution in [0, 0.1) is 0 Å². The topological polar surface area (TPSA) is 60.4 Å². The van der Waals surface area contributed by atoms with E-state index in [0.29, 0.717) is 12.1 Å². The van der Waals surface area contributed by atoms with Crippen LogP contribution in [0.15, 0.2) is 23.1 Å². The summed E-state index contributed by atoms with van der Waals surface area (Å²) >= 11 is 0. The SMILES string of the molecule is COC(=O)c1ccc(S(=O)(=O)F)cc1C(F)(F)F. The van der Waals surface area contributed by atoms with E-state index in [0.717, 1.165) is 7.11 Å². The smallest absolute Gasteiger partial charge is 0.417 e. The predicted molar refractivity (Wildman–Crippen MR) is 51.1 cm³/mol. The maximum atomic E-state index is 12.6. The van der Waals surface area contributed by atoms with Crippen LogP contribution in [-0.2, 0) is 21.1 Å². The van der Waals surface area contributed by atoms with Crippen LogP contribution in [0.25, 0.3) is 0 Å². The lowest BCUT2D eigenvalue weighted by atomic mass is 10.1. The molecule has 1 aromatic rings. The summed E-state index contributed by atoms with van der Waals surface area (Å²) in [7, 11) is -4.42. The monoisotopic (exact) mass is 286 g/mol. The van der Waals surface area contributed by atoms with Crippen LogP contribution >= 0.6 is 0 Å². The van der Waals surface area contributed by atoms with Gasteiger partial charge in [-0.2, -0.15) is 21.6 Å². The van der Waals surface area contributed by atoms with E-state index in [1.165, 1.54) is 0 Å². The molecule has 0 aliphatic heterocycles. The third kappa shape index (κ3) is 2.97. The van der Waals surface area contributed by atoms with E-state index >= 15 is 0 Å². The van der Waals surface area contributed by atoms with Gasteiger partial charge in [-0.1, -0.05) is 0 Å². The van der Waals surface area contributed by atoms with Gasteiger partial charge in [0.1, 0.15) is 0 Å². The molecule has 0 saturated heterocycles. The first-order valence-corrected chi connectivity index (χ1v) is 5.70. The highest BCUT2D eigenvalue weighted by Gasteiger charge is 2.37. The number of carbonyl (C=O) groups is 1. The Morgan fingerprint density at radius 1 is 1.28 bits per heavy atom. The Labute approximate surface area is 99.4 Å². The van der Waals surface area contributed by atoms with Crippen molar-refractivity contribution in [1.29, 1.82) is 0 Å². The van der Waals surface area contributed by atoms with Gasteiger partial charge < -0.3 is 4.74 Å². The number of ether oxygens (including phenoxy) is 1. The average Bonchev–Trinajstić information content (AvgIpc) is 2.24. The fourth-order valence-electron chi connectivity index (χ4n) is 1.20. The van der Waals surface area contributed by atoms with E-state index in [2.05, 4.69) is 4.74 Å². The molecular formula is C9H6F4O4S. The third-order valence-corrected chi connectivity index (χ3v) is 2.80. The molecule has 0 spiro atoms. The quantitative estimate of drug-likeness (QED) is 0.475. The van der Waals surface area contributed by atoms with E-state index in [9.17, 15) is 30.3 Å². The second kappa shape index (κ2) is 4.56. The molecule has 9 heteroatoms. The van der Waals surface area contributed by atoms with Crippen LogP contribution < -0.4 is 0 Å². The number of rotatable bonds is 2. The summed E-state index contributed by atoms with van der Waals surface area (Å²) in [4.78, 5) is 9.90. The highest BCUT2D eigenvalue weighted by atomic mass is 32.3. The van der Waals surface area contributed by atoms with Crippen molar-refractivity contribution < 1.29 is 35.0 Å². The van der Waals surface area contributed by atoms with Gasteiger partial charge in [-0.3, -0.25) is 0 Å². The Kier molecular flexibility index (Phi) is 3.65. The normalized spacial score (nSPS) is 12.3. The zero-order chi connectivity index (χ0) is 14.1. The molecule has 0 saturated carbocycles. The van der Waals surface area contributed by atoms with Gasteiger partial charge in [-0.25, -0.2) is 4.79 Å². The molecule has 0 aliphatic carbocycles. The molecule has 0 atom stereocenters. The molecule has 18 heavy (non-hydrogen) atoms. The number of carbonyl (C=O) groups excluding carboxylic acids is 1. The minimum atomic E-state index is -5.29. The maximum absolute atomic E-state index is 12.6. The van der Waals surface area contributed by atoms with Crippen molar-refractivity contribution in [3.63, 3.8) is 0 Å². The van der Waals surface area contributed by atoms with Gasteiger partial charge in [-0.05, 0) is 18.2 Å². The van der Waals surface area contributed by atoms with Crippen molar-refractivity contribution in [2.24, 2.45) is 0 Å². The number of esters is 1. The summed E-state index contributed by atoms with van der Waals surface area (Å²) in [6, 6.07) is 1.14. The fourth-order valence-corrected chi connectivity index (χ4v) is 1.69. The predicted octanol–water partition coefficient (Wildman–Crippen LogP) is 2.15. The summed E-state index contributed by atoms with van der Waals surface area (Å²) < 4.78 is 75.5. The van der Waals surface area contributed by atoms with Crippen LogP contribution in [0.2, 0.25) is 0 Å². The molecule has 0 aliphatic rings. The number of halogens is 4. The molecule has 4 nitrogen and oxygen atoms in total. The first kappa shape index (κ1) is 14.4. The molecular weight excluding hydrogens is 280 g/mol. The number of methoxy groups -OCH3 is 1.